The standard InChI is InChI=1S/C26H28N4O2/c1-3-23(31)17-20-16-19(10-11-25(20)32-2)24-12-13-27-26(29-24)28-21-8-7-9-22(18-21)30-14-5-4-6-15-30/h3,7-13,16,18H,1,4-6,14-15,17H2,2H3,(H,27,28,29). The molecule has 0 spiro atoms. The Morgan fingerprint density at radius 3 is 2.78 bits per heavy atom. The van der Waals surface area contributed by atoms with Crippen molar-refractivity contribution < 1.29 is 9.53 Å². The van der Waals surface area contributed by atoms with Gasteiger partial charge in [-0.05, 0) is 67.8 Å². The van der Waals surface area contributed by atoms with Crippen LogP contribution in [0.15, 0.2) is 67.4 Å². The minimum absolute atomic E-state index is 0.0564. The molecule has 0 aliphatic carbocycles. The van der Waals surface area contributed by atoms with E-state index in [2.05, 4.69) is 40.0 Å². The van der Waals surface area contributed by atoms with Crippen LogP contribution < -0.4 is 15.0 Å². The molecule has 0 amide bonds. The van der Waals surface area contributed by atoms with Crippen molar-refractivity contribution in [1.29, 1.82) is 0 Å². The summed E-state index contributed by atoms with van der Waals surface area (Å²) in [7, 11) is 1.60. The van der Waals surface area contributed by atoms with E-state index < -0.39 is 0 Å². The van der Waals surface area contributed by atoms with Crippen molar-refractivity contribution in [2.75, 3.05) is 30.4 Å². The van der Waals surface area contributed by atoms with Crippen LogP contribution in [0.3, 0.4) is 0 Å². The molecular weight excluding hydrogens is 400 g/mol. The summed E-state index contributed by atoms with van der Waals surface area (Å²) in [6.45, 7) is 5.76. The summed E-state index contributed by atoms with van der Waals surface area (Å²) in [6.07, 6.45) is 7.09. The number of ether oxygens (including phenoxy) is 1. The van der Waals surface area contributed by atoms with Gasteiger partial charge >= 0.3 is 0 Å². The smallest absolute Gasteiger partial charge is 0.227 e. The molecule has 1 N–H and O–H groups in total. The van der Waals surface area contributed by atoms with Crippen LogP contribution >= 0.6 is 0 Å². The summed E-state index contributed by atoms with van der Waals surface area (Å²) in [6, 6.07) is 16.0. The van der Waals surface area contributed by atoms with Crippen LogP contribution in [0.25, 0.3) is 11.3 Å². The van der Waals surface area contributed by atoms with Crippen molar-refractivity contribution in [3.63, 3.8) is 0 Å². The first-order valence-corrected chi connectivity index (χ1v) is 10.9. The van der Waals surface area contributed by atoms with Crippen LogP contribution in [-0.4, -0.2) is 36.0 Å². The first-order valence-electron chi connectivity index (χ1n) is 10.9. The first-order chi connectivity index (χ1) is 15.7. The van der Waals surface area contributed by atoms with Gasteiger partial charge in [-0.25, -0.2) is 9.97 Å². The van der Waals surface area contributed by atoms with E-state index in [1.807, 2.05) is 30.3 Å². The first kappa shape index (κ1) is 21.6. The number of methoxy groups -OCH3 is 1. The molecule has 32 heavy (non-hydrogen) atoms. The van der Waals surface area contributed by atoms with Crippen LogP contribution in [-0.2, 0) is 11.2 Å². The van der Waals surface area contributed by atoms with Gasteiger partial charge in [0.05, 0.1) is 12.8 Å². The number of allylic oxidation sites excluding steroid dienone is 1. The van der Waals surface area contributed by atoms with Crippen LogP contribution in [0.2, 0.25) is 0 Å². The molecule has 2 heterocycles. The van der Waals surface area contributed by atoms with Crippen molar-refractivity contribution in [3.05, 3.63) is 72.9 Å². The minimum Gasteiger partial charge on any atom is -0.496 e. The molecule has 4 rings (SSSR count). The van der Waals surface area contributed by atoms with E-state index in [1.165, 1.54) is 31.0 Å². The summed E-state index contributed by atoms with van der Waals surface area (Å²) < 4.78 is 5.41. The molecule has 0 unspecified atom stereocenters. The molecule has 1 saturated heterocycles. The monoisotopic (exact) mass is 428 g/mol. The molecule has 1 aliphatic rings. The number of nitrogens with one attached hydrogen (secondary N) is 1. The highest BCUT2D eigenvalue weighted by atomic mass is 16.5. The number of hydrogen-bond donors (Lipinski definition) is 1. The topological polar surface area (TPSA) is 67.4 Å². The number of hydrogen-bond acceptors (Lipinski definition) is 6. The molecule has 2 aromatic carbocycles. The Bertz CT molecular complexity index is 1110. The lowest BCUT2D eigenvalue weighted by molar-refractivity contribution is -0.114. The van der Waals surface area contributed by atoms with E-state index in [9.17, 15) is 4.79 Å². The lowest BCUT2D eigenvalue weighted by atomic mass is 10.0. The van der Waals surface area contributed by atoms with Gasteiger partial charge in [0, 0.05) is 48.2 Å². The Kier molecular flexibility index (Phi) is 6.80. The van der Waals surface area contributed by atoms with Crippen molar-refractivity contribution in [1.82, 2.24) is 9.97 Å². The fraction of sp³-hybridized carbons (Fsp3) is 0.269. The van der Waals surface area contributed by atoms with Crippen molar-refractivity contribution >= 4 is 23.1 Å². The molecular formula is C26H28N4O2. The number of rotatable bonds is 8. The Balaban J connectivity index is 1.56. The number of aromatic nitrogens is 2. The summed E-state index contributed by atoms with van der Waals surface area (Å²) in [5.41, 5.74) is 4.64. The second-order valence-corrected chi connectivity index (χ2v) is 7.86. The van der Waals surface area contributed by atoms with Gasteiger partial charge in [-0.3, -0.25) is 4.79 Å². The van der Waals surface area contributed by atoms with Gasteiger partial charge < -0.3 is 15.0 Å². The van der Waals surface area contributed by atoms with Gasteiger partial charge in [0.15, 0.2) is 5.78 Å². The predicted molar refractivity (Wildman–Crippen MR) is 129 cm³/mol. The number of benzene rings is 2. The summed E-state index contributed by atoms with van der Waals surface area (Å²) in [4.78, 5) is 23.4. The van der Waals surface area contributed by atoms with E-state index in [4.69, 9.17) is 9.72 Å². The minimum atomic E-state index is -0.0564. The fourth-order valence-corrected chi connectivity index (χ4v) is 3.98. The molecule has 1 aliphatic heterocycles. The van der Waals surface area contributed by atoms with E-state index in [0.29, 0.717) is 11.7 Å². The molecule has 0 radical (unpaired) electrons. The highest BCUT2D eigenvalue weighted by Gasteiger charge is 2.13. The van der Waals surface area contributed by atoms with Gasteiger partial charge in [-0.2, -0.15) is 0 Å². The summed E-state index contributed by atoms with van der Waals surface area (Å²) in [5, 5.41) is 3.33. The van der Waals surface area contributed by atoms with Crippen LogP contribution in [0.1, 0.15) is 24.8 Å². The number of piperidine rings is 1. The SMILES string of the molecule is C=CC(=O)Cc1cc(-c2ccnc(Nc3cccc(N4CCCCC4)c3)n2)ccc1OC. The number of carbonyl (C=O) groups excluding carboxylic acids is 1. The van der Waals surface area contributed by atoms with Gasteiger partial charge in [-0.1, -0.05) is 12.6 Å². The Hall–Kier alpha value is -3.67. The Labute approximate surface area is 189 Å². The average molecular weight is 429 g/mol. The molecule has 6 nitrogen and oxygen atoms in total. The van der Waals surface area contributed by atoms with Gasteiger partial charge in [0.1, 0.15) is 5.75 Å². The van der Waals surface area contributed by atoms with E-state index >= 15 is 0 Å². The molecule has 1 fully saturated rings. The zero-order chi connectivity index (χ0) is 22.3. The quantitative estimate of drug-likeness (QED) is 0.499. The third-order valence-electron chi connectivity index (χ3n) is 5.65. The average Bonchev–Trinajstić information content (AvgIpc) is 2.85. The normalized spacial score (nSPS) is 13.5. The highest BCUT2D eigenvalue weighted by Crippen LogP contribution is 2.28. The molecule has 0 saturated carbocycles. The maximum Gasteiger partial charge on any atom is 0.227 e. The zero-order valence-electron chi connectivity index (χ0n) is 18.4. The number of carbonyl (C=O) groups is 1. The lowest BCUT2D eigenvalue weighted by Crippen LogP contribution is -2.29. The maximum atomic E-state index is 11.9. The lowest BCUT2D eigenvalue weighted by Gasteiger charge is -2.29. The Morgan fingerprint density at radius 1 is 1.16 bits per heavy atom. The largest absolute Gasteiger partial charge is 0.496 e. The van der Waals surface area contributed by atoms with Gasteiger partial charge in [0.25, 0.3) is 0 Å². The molecule has 0 atom stereocenters. The molecule has 1 aromatic heterocycles. The van der Waals surface area contributed by atoms with Crippen molar-refractivity contribution in [2.45, 2.75) is 25.7 Å². The third-order valence-corrected chi connectivity index (χ3v) is 5.65. The molecule has 3 aromatic rings. The number of nitrogens with zero attached hydrogens (tertiary/aromatic N) is 3. The molecule has 0 bridgehead atoms. The fourth-order valence-electron chi connectivity index (χ4n) is 3.98. The summed E-state index contributed by atoms with van der Waals surface area (Å²) in [5.74, 6) is 1.14. The second-order valence-electron chi connectivity index (χ2n) is 7.86. The predicted octanol–water partition coefficient (Wildman–Crippen LogP) is 5.18. The van der Waals surface area contributed by atoms with Crippen molar-refractivity contribution in [2.24, 2.45) is 0 Å². The molecule has 164 valence electrons. The van der Waals surface area contributed by atoms with E-state index in [1.54, 1.807) is 13.3 Å². The highest BCUT2D eigenvalue weighted by molar-refractivity contribution is 5.91. The van der Waals surface area contributed by atoms with E-state index in [-0.39, 0.29) is 12.2 Å². The maximum absolute atomic E-state index is 11.9. The Morgan fingerprint density at radius 2 is 2.00 bits per heavy atom. The zero-order valence-corrected chi connectivity index (χ0v) is 18.4. The number of anilines is 3. The second kappa shape index (κ2) is 10.1. The van der Waals surface area contributed by atoms with Crippen LogP contribution in [0.4, 0.5) is 17.3 Å². The summed E-state index contributed by atoms with van der Waals surface area (Å²) >= 11 is 0. The van der Waals surface area contributed by atoms with Crippen molar-refractivity contribution in [3.8, 4) is 17.0 Å². The molecule has 6 heteroatoms. The van der Waals surface area contributed by atoms with Gasteiger partial charge in [-0.15, -0.1) is 0 Å². The van der Waals surface area contributed by atoms with Crippen LogP contribution in [0.5, 0.6) is 5.75 Å². The van der Waals surface area contributed by atoms with E-state index in [0.717, 1.165) is 35.6 Å². The third kappa shape index (κ3) is 5.14. The van der Waals surface area contributed by atoms with Gasteiger partial charge in [0.2, 0.25) is 5.95 Å². The number of ketones is 1. The van der Waals surface area contributed by atoms with Crippen LogP contribution in [0, 0.1) is 0 Å².